The summed E-state index contributed by atoms with van der Waals surface area (Å²) in [4.78, 5) is 4.46. The van der Waals surface area contributed by atoms with E-state index in [2.05, 4.69) is 18.8 Å². The lowest BCUT2D eigenvalue weighted by molar-refractivity contribution is 0.414. The zero-order chi connectivity index (χ0) is 16.9. The maximum Gasteiger partial charge on any atom is 0.160 e. The van der Waals surface area contributed by atoms with Crippen LogP contribution in [0.3, 0.4) is 0 Å². The fourth-order valence-electron chi connectivity index (χ4n) is 2.23. The Kier molecular flexibility index (Phi) is 6.18. The minimum atomic E-state index is -3.24. The highest BCUT2D eigenvalue weighted by Crippen LogP contribution is 2.19. The van der Waals surface area contributed by atoms with Crippen LogP contribution in [0.2, 0.25) is 0 Å². The van der Waals surface area contributed by atoms with Gasteiger partial charge in [0, 0.05) is 5.38 Å². The molecule has 126 valence electrons. The van der Waals surface area contributed by atoms with Gasteiger partial charge < -0.3 is 4.74 Å². The second kappa shape index (κ2) is 7.93. The summed E-state index contributed by atoms with van der Waals surface area (Å²) in [5, 5.41) is 2.88. The van der Waals surface area contributed by atoms with Crippen LogP contribution in [0.1, 0.15) is 36.5 Å². The zero-order valence-corrected chi connectivity index (χ0v) is 15.4. The number of ether oxygens (including phenoxy) is 1. The van der Waals surface area contributed by atoms with Gasteiger partial charge in [-0.1, -0.05) is 26.0 Å². The number of aromatic nitrogens is 1. The Morgan fingerprint density at radius 1 is 1.26 bits per heavy atom. The summed E-state index contributed by atoms with van der Waals surface area (Å²) in [5.41, 5.74) is 1.39. The van der Waals surface area contributed by atoms with Crippen LogP contribution in [0.5, 0.6) is 5.75 Å². The van der Waals surface area contributed by atoms with E-state index in [-0.39, 0.29) is 11.5 Å². The van der Waals surface area contributed by atoms with Gasteiger partial charge in [0.1, 0.15) is 5.75 Å². The second-order valence-corrected chi connectivity index (χ2v) is 9.06. The third kappa shape index (κ3) is 5.95. The van der Waals surface area contributed by atoms with Crippen molar-refractivity contribution in [2.75, 3.05) is 7.11 Å². The number of hydrogen-bond acceptors (Lipinski definition) is 5. The highest BCUT2D eigenvalue weighted by Gasteiger charge is 2.16. The monoisotopic (exact) mass is 353 g/mol. The minimum absolute atomic E-state index is 0.00303. The first-order valence-electron chi connectivity index (χ1n) is 7.64. The molecule has 0 spiro atoms. The van der Waals surface area contributed by atoms with E-state index >= 15 is 0 Å². The summed E-state index contributed by atoms with van der Waals surface area (Å²) in [6.07, 6.45) is 1.99. The smallest absolute Gasteiger partial charge is 0.160 e. The van der Waals surface area contributed by atoms with E-state index in [4.69, 9.17) is 4.74 Å². The predicted octanol–water partition coefficient (Wildman–Crippen LogP) is 3.86. The molecule has 0 amide bonds. The third-order valence-corrected chi connectivity index (χ3v) is 5.89. The molecule has 0 aliphatic carbocycles. The van der Waals surface area contributed by atoms with Gasteiger partial charge in [0.05, 0.1) is 29.3 Å². The molecule has 0 aliphatic rings. The predicted molar refractivity (Wildman–Crippen MR) is 94.6 cm³/mol. The summed E-state index contributed by atoms with van der Waals surface area (Å²) in [6.45, 7) is 4.35. The van der Waals surface area contributed by atoms with Crippen molar-refractivity contribution >= 4 is 21.2 Å². The molecule has 0 unspecified atom stereocenters. The van der Waals surface area contributed by atoms with E-state index in [0.717, 1.165) is 23.4 Å². The van der Waals surface area contributed by atoms with Crippen molar-refractivity contribution in [1.82, 2.24) is 4.98 Å². The van der Waals surface area contributed by atoms with Crippen LogP contribution in [-0.4, -0.2) is 20.5 Å². The van der Waals surface area contributed by atoms with Crippen LogP contribution in [0.4, 0.5) is 0 Å². The second-order valence-electron chi connectivity index (χ2n) is 6.05. The number of thiazole rings is 1. The molecule has 0 aliphatic heterocycles. The van der Waals surface area contributed by atoms with Gasteiger partial charge in [-0.05, 0) is 36.5 Å². The van der Waals surface area contributed by atoms with E-state index in [0.29, 0.717) is 17.4 Å². The summed E-state index contributed by atoms with van der Waals surface area (Å²) >= 11 is 1.55. The Balaban J connectivity index is 2.00. The Morgan fingerprint density at radius 2 is 2.04 bits per heavy atom. The molecule has 4 nitrogen and oxygen atoms in total. The van der Waals surface area contributed by atoms with E-state index in [1.807, 2.05) is 5.38 Å². The van der Waals surface area contributed by atoms with Crippen LogP contribution in [0.15, 0.2) is 29.6 Å². The molecule has 1 heterocycles. The van der Waals surface area contributed by atoms with Crippen LogP contribution in [-0.2, 0) is 27.8 Å². The van der Waals surface area contributed by atoms with Crippen molar-refractivity contribution in [3.8, 4) is 5.75 Å². The highest BCUT2D eigenvalue weighted by atomic mass is 32.2. The number of hydrogen-bond donors (Lipinski definition) is 0. The van der Waals surface area contributed by atoms with Crippen LogP contribution >= 0.6 is 11.3 Å². The summed E-state index contributed by atoms with van der Waals surface area (Å²) in [7, 11) is -1.67. The molecule has 0 saturated carbocycles. The molecule has 6 heteroatoms. The maximum absolute atomic E-state index is 12.4. The molecule has 1 aromatic carbocycles. The molecule has 0 saturated heterocycles. The van der Waals surface area contributed by atoms with Crippen molar-refractivity contribution in [2.45, 2.75) is 38.2 Å². The lowest BCUT2D eigenvalue weighted by Gasteiger charge is -2.05. The summed E-state index contributed by atoms with van der Waals surface area (Å²) < 4.78 is 29.9. The van der Waals surface area contributed by atoms with Crippen molar-refractivity contribution in [3.63, 3.8) is 0 Å². The lowest BCUT2D eigenvalue weighted by atomic mass is 10.1. The van der Waals surface area contributed by atoms with Crippen molar-refractivity contribution in [2.24, 2.45) is 5.92 Å². The molecule has 0 bridgehead atoms. The van der Waals surface area contributed by atoms with E-state index in [9.17, 15) is 8.42 Å². The number of benzene rings is 1. The van der Waals surface area contributed by atoms with E-state index in [1.165, 1.54) is 0 Å². The fourth-order valence-corrected chi connectivity index (χ4v) is 4.54. The van der Waals surface area contributed by atoms with Crippen molar-refractivity contribution in [1.29, 1.82) is 0 Å². The topological polar surface area (TPSA) is 56.3 Å². The third-order valence-electron chi connectivity index (χ3n) is 3.42. The Bertz CT molecular complexity index is 736. The van der Waals surface area contributed by atoms with Gasteiger partial charge in [0.2, 0.25) is 0 Å². The Hall–Kier alpha value is -1.40. The number of sulfone groups is 1. The van der Waals surface area contributed by atoms with Crippen molar-refractivity contribution < 1.29 is 13.2 Å². The minimum Gasteiger partial charge on any atom is -0.497 e. The molecular weight excluding hydrogens is 330 g/mol. The first-order valence-corrected chi connectivity index (χ1v) is 10.3. The lowest BCUT2D eigenvalue weighted by Crippen LogP contribution is -2.08. The van der Waals surface area contributed by atoms with Gasteiger partial charge in [-0.2, -0.15) is 0 Å². The van der Waals surface area contributed by atoms with Crippen molar-refractivity contribution in [3.05, 3.63) is 45.9 Å². The average molecular weight is 354 g/mol. The molecule has 23 heavy (non-hydrogen) atoms. The number of nitrogens with zero attached hydrogens (tertiary/aromatic N) is 1. The maximum atomic E-state index is 12.4. The molecule has 0 radical (unpaired) electrons. The molecule has 1 aromatic heterocycles. The Morgan fingerprint density at radius 3 is 2.74 bits per heavy atom. The van der Waals surface area contributed by atoms with Gasteiger partial charge in [0.15, 0.2) is 9.84 Å². The summed E-state index contributed by atoms with van der Waals surface area (Å²) in [6, 6.07) is 7.16. The van der Waals surface area contributed by atoms with Gasteiger partial charge in [-0.3, -0.25) is 0 Å². The van der Waals surface area contributed by atoms with Gasteiger partial charge in [-0.15, -0.1) is 11.3 Å². The van der Waals surface area contributed by atoms with Crippen LogP contribution in [0, 0.1) is 5.92 Å². The van der Waals surface area contributed by atoms with Gasteiger partial charge in [-0.25, -0.2) is 13.4 Å². The van der Waals surface area contributed by atoms with Gasteiger partial charge in [0.25, 0.3) is 0 Å². The first-order chi connectivity index (χ1) is 10.9. The highest BCUT2D eigenvalue weighted by molar-refractivity contribution is 7.89. The molecule has 2 aromatic rings. The zero-order valence-electron chi connectivity index (χ0n) is 13.8. The molecule has 0 N–H and O–H groups in total. The van der Waals surface area contributed by atoms with Crippen LogP contribution < -0.4 is 4.74 Å². The molecule has 2 rings (SSSR count). The summed E-state index contributed by atoms with van der Waals surface area (Å²) in [5.74, 6) is 1.28. The number of methoxy groups -OCH3 is 1. The fraction of sp³-hybridized carbons (Fsp3) is 0.471. The Labute approximate surface area is 142 Å². The molecular formula is C17H23NO3S2. The normalized spacial score (nSPS) is 11.8. The number of rotatable bonds is 8. The van der Waals surface area contributed by atoms with E-state index in [1.54, 1.807) is 42.7 Å². The first kappa shape index (κ1) is 17.9. The van der Waals surface area contributed by atoms with E-state index < -0.39 is 9.84 Å². The largest absolute Gasteiger partial charge is 0.497 e. The number of aryl methyl sites for hydroxylation is 1. The SMILES string of the molecule is COc1cccc(CS(=O)(=O)Cc2csc(CCC(C)C)n2)c1. The average Bonchev–Trinajstić information content (AvgIpc) is 2.91. The van der Waals surface area contributed by atoms with Gasteiger partial charge >= 0.3 is 0 Å². The quantitative estimate of drug-likeness (QED) is 0.723. The van der Waals surface area contributed by atoms with Crippen LogP contribution in [0.25, 0.3) is 0 Å². The molecule has 0 fully saturated rings. The standard InChI is InChI=1S/C17H23NO3S2/c1-13(2)7-8-17-18-15(10-22-17)12-23(19,20)11-14-5-4-6-16(9-14)21-3/h4-6,9-10,13H,7-8,11-12H2,1-3H3. The molecule has 0 atom stereocenters.